The van der Waals surface area contributed by atoms with Crippen LogP contribution in [0.25, 0.3) is 0 Å². The average molecular weight is 285 g/mol. The number of rotatable bonds is 5. The Morgan fingerprint density at radius 3 is 2.81 bits per heavy atom. The van der Waals surface area contributed by atoms with Crippen LogP contribution in [0.3, 0.4) is 0 Å². The maximum Gasteiger partial charge on any atom is 0.246 e. The topological polar surface area (TPSA) is 73.9 Å². The van der Waals surface area contributed by atoms with E-state index in [0.717, 1.165) is 25.1 Å². The van der Waals surface area contributed by atoms with Crippen LogP contribution in [0.5, 0.6) is 0 Å². The zero-order valence-corrected chi connectivity index (χ0v) is 12.1. The zero-order chi connectivity index (χ0) is 14.7. The SMILES string of the molecule is CCc1ccc(Nc2n[nH]c(CN3CCCC3=O)n2)cc1. The monoisotopic (exact) mass is 285 g/mol. The molecule has 1 aliphatic heterocycles. The van der Waals surface area contributed by atoms with Crippen molar-refractivity contribution in [1.29, 1.82) is 0 Å². The number of carbonyl (C=O) groups is 1. The van der Waals surface area contributed by atoms with Gasteiger partial charge in [0.25, 0.3) is 0 Å². The van der Waals surface area contributed by atoms with Crippen molar-refractivity contribution in [3.8, 4) is 0 Å². The molecule has 1 aromatic heterocycles. The van der Waals surface area contributed by atoms with Gasteiger partial charge in [-0.2, -0.15) is 4.98 Å². The third-order valence-electron chi connectivity index (χ3n) is 3.66. The van der Waals surface area contributed by atoms with Crippen LogP contribution in [-0.4, -0.2) is 32.5 Å². The Morgan fingerprint density at radius 1 is 1.33 bits per heavy atom. The van der Waals surface area contributed by atoms with E-state index < -0.39 is 0 Å². The first-order valence-corrected chi connectivity index (χ1v) is 7.29. The minimum atomic E-state index is 0.191. The molecule has 0 radical (unpaired) electrons. The third kappa shape index (κ3) is 3.21. The number of hydrogen-bond acceptors (Lipinski definition) is 4. The van der Waals surface area contributed by atoms with E-state index in [1.54, 1.807) is 4.90 Å². The highest BCUT2D eigenvalue weighted by Crippen LogP contribution is 2.16. The second kappa shape index (κ2) is 5.95. The molecule has 2 heterocycles. The van der Waals surface area contributed by atoms with Crippen molar-refractivity contribution in [3.63, 3.8) is 0 Å². The molecule has 21 heavy (non-hydrogen) atoms. The Morgan fingerprint density at radius 2 is 2.14 bits per heavy atom. The summed E-state index contributed by atoms with van der Waals surface area (Å²) in [5.41, 5.74) is 2.25. The van der Waals surface area contributed by atoms with Gasteiger partial charge in [-0.25, -0.2) is 0 Å². The number of aryl methyl sites for hydroxylation is 1. The molecule has 1 saturated heterocycles. The van der Waals surface area contributed by atoms with Gasteiger partial charge in [-0.3, -0.25) is 9.89 Å². The standard InChI is InChI=1S/C15H19N5O/c1-2-11-5-7-12(8-6-11)16-15-17-13(18-19-15)10-20-9-3-4-14(20)21/h5-8H,2-4,9-10H2,1H3,(H2,16,17,18,19). The van der Waals surface area contributed by atoms with E-state index in [4.69, 9.17) is 0 Å². The van der Waals surface area contributed by atoms with Crippen molar-refractivity contribution in [2.75, 3.05) is 11.9 Å². The Labute approximate surface area is 123 Å². The first kappa shape index (κ1) is 13.6. The lowest BCUT2D eigenvalue weighted by molar-refractivity contribution is -0.128. The second-order valence-corrected chi connectivity index (χ2v) is 5.20. The molecular weight excluding hydrogens is 266 g/mol. The molecule has 0 bridgehead atoms. The van der Waals surface area contributed by atoms with Crippen LogP contribution in [0.1, 0.15) is 31.2 Å². The molecule has 6 nitrogen and oxygen atoms in total. The van der Waals surface area contributed by atoms with Crippen molar-refractivity contribution in [2.24, 2.45) is 0 Å². The van der Waals surface area contributed by atoms with Gasteiger partial charge in [0.2, 0.25) is 11.9 Å². The summed E-state index contributed by atoms with van der Waals surface area (Å²) in [6.07, 6.45) is 2.60. The molecule has 1 fully saturated rings. The molecule has 1 amide bonds. The molecule has 3 rings (SSSR count). The van der Waals surface area contributed by atoms with Crippen LogP contribution in [-0.2, 0) is 17.8 Å². The molecule has 1 aliphatic rings. The number of carbonyl (C=O) groups excluding carboxylic acids is 1. The summed E-state index contributed by atoms with van der Waals surface area (Å²) in [7, 11) is 0. The average Bonchev–Trinajstić information content (AvgIpc) is 3.10. The van der Waals surface area contributed by atoms with Crippen molar-refractivity contribution in [2.45, 2.75) is 32.7 Å². The number of aromatic amines is 1. The number of H-pyrrole nitrogens is 1. The number of aromatic nitrogens is 3. The summed E-state index contributed by atoms with van der Waals surface area (Å²) in [6.45, 7) is 3.44. The normalized spacial score (nSPS) is 14.7. The van der Waals surface area contributed by atoms with Gasteiger partial charge >= 0.3 is 0 Å². The molecule has 0 atom stereocenters. The highest BCUT2D eigenvalue weighted by atomic mass is 16.2. The predicted octanol–water partition coefficient (Wildman–Crippen LogP) is 2.23. The minimum absolute atomic E-state index is 0.191. The fourth-order valence-electron chi connectivity index (χ4n) is 2.43. The van der Waals surface area contributed by atoms with Gasteiger partial charge in [0, 0.05) is 18.7 Å². The summed E-state index contributed by atoms with van der Waals surface area (Å²) < 4.78 is 0. The van der Waals surface area contributed by atoms with Gasteiger partial charge in [-0.15, -0.1) is 5.10 Å². The zero-order valence-electron chi connectivity index (χ0n) is 12.1. The maximum atomic E-state index is 11.6. The second-order valence-electron chi connectivity index (χ2n) is 5.20. The molecule has 0 saturated carbocycles. The number of amides is 1. The molecule has 2 N–H and O–H groups in total. The van der Waals surface area contributed by atoms with Crippen LogP contribution >= 0.6 is 0 Å². The Kier molecular flexibility index (Phi) is 3.85. The van der Waals surface area contributed by atoms with Crippen LogP contribution in [0, 0.1) is 0 Å². The van der Waals surface area contributed by atoms with Crippen LogP contribution in [0.4, 0.5) is 11.6 Å². The molecule has 1 aromatic carbocycles. The fourth-order valence-corrected chi connectivity index (χ4v) is 2.43. The Balaban J connectivity index is 1.62. The van der Waals surface area contributed by atoms with Crippen molar-refractivity contribution in [3.05, 3.63) is 35.7 Å². The first-order valence-electron chi connectivity index (χ1n) is 7.29. The smallest absolute Gasteiger partial charge is 0.246 e. The lowest BCUT2D eigenvalue weighted by Gasteiger charge is -2.12. The molecule has 110 valence electrons. The van der Waals surface area contributed by atoms with E-state index in [1.807, 2.05) is 12.1 Å². The molecule has 0 spiro atoms. The van der Waals surface area contributed by atoms with Gasteiger partial charge in [0.15, 0.2) is 0 Å². The van der Waals surface area contributed by atoms with E-state index in [1.165, 1.54) is 5.56 Å². The summed E-state index contributed by atoms with van der Waals surface area (Å²) >= 11 is 0. The summed E-state index contributed by atoms with van der Waals surface area (Å²) in [5.74, 6) is 1.43. The van der Waals surface area contributed by atoms with Gasteiger partial charge in [-0.05, 0) is 30.5 Å². The summed E-state index contributed by atoms with van der Waals surface area (Å²) in [4.78, 5) is 17.8. The van der Waals surface area contributed by atoms with Crippen LogP contribution < -0.4 is 5.32 Å². The summed E-state index contributed by atoms with van der Waals surface area (Å²) in [5, 5.41) is 10.2. The highest BCUT2D eigenvalue weighted by Gasteiger charge is 2.21. The largest absolute Gasteiger partial charge is 0.335 e. The number of hydrogen-bond donors (Lipinski definition) is 2. The van der Waals surface area contributed by atoms with Crippen molar-refractivity contribution < 1.29 is 4.79 Å². The quantitative estimate of drug-likeness (QED) is 0.883. The van der Waals surface area contributed by atoms with Gasteiger partial charge in [0.05, 0.1) is 6.54 Å². The van der Waals surface area contributed by atoms with E-state index >= 15 is 0 Å². The number of nitrogens with one attached hydrogen (secondary N) is 2. The molecule has 2 aromatic rings. The number of anilines is 2. The third-order valence-corrected chi connectivity index (χ3v) is 3.66. The first-order chi connectivity index (χ1) is 10.2. The van der Waals surface area contributed by atoms with Gasteiger partial charge < -0.3 is 10.2 Å². The van der Waals surface area contributed by atoms with E-state index in [2.05, 4.69) is 39.6 Å². The van der Waals surface area contributed by atoms with Crippen LogP contribution in [0.15, 0.2) is 24.3 Å². The van der Waals surface area contributed by atoms with Gasteiger partial charge in [0.1, 0.15) is 5.82 Å². The van der Waals surface area contributed by atoms with Gasteiger partial charge in [-0.1, -0.05) is 19.1 Å². The van der Waals surface area contributed by atoms with Crippen LogP contribution in [0.2, 0.25) is 0 Å². The number of nitrogens with zero attached hydrogens (tertiary/aromatic N) is 3. The maximum absolute atomic E-state index is 11.6. The number of benzene rings is 1. The van der Waals surface area contributed by atoms with E-state index in [0.29, 0.717) is 24.7 Å². The minimum Gasteiger partial charge on any atom is -0.335 e. The summed E-state index contributed by atoms with van der Waals surface area (Å²) in [6, 6.07) is 8.19. The lowest BCUT2D eigenvalue weighted by Crippen LogP contribution is -2.24. The Hall–Kier alpha value is -2.37. The number of likely N-dealkylation sites (tertiary alicyclic amines) is 1. The van der Waals surface area contributed by atoms with Crippen molar-refractivity contribution in [1.82, 2.24) is 20.1 Å². The van der Waals surface area contributed by atoms with Crippen molar-refractivity contribution >= 4 is 17.5 Å². The fraction of sp³-hybridized carbons (Fsp3) is 0.400. The molecule has 6 heteroatoms. The molecule has 0 aliphatic carbocycles. The molecular formula is C15H19N5O. The highest BCUT2D eigenvalue weighted by molar-refractivity contribution is 5.77. The van der Waals surface area contributed by atoms with E-state index in [-0.39, 0.29) is 5.91 Å². The van der Waals surface area contributed by atoms with E-state index in [9.17, 15) is 4.79 Å². The Bertz CT molecular complexity index is 619. The molecule has 0 unspecified atom stereocenters. The lowest BCUT2D eigenvalue weighted by atomic mass is 10.1. The predicted molar refractivity (Wildman–Crippen MR) is 80.1 cm³/mol.